The van der Waals surface area contributed by atoms with Crippen molar-refractivity contribution in [2.45, 2.75) is 51.1 Å². The molecule has 1 unspecified atom stereocenters. The van der Waals surface area contributed by atoms with Gasteiger partial charge in [0.05, 0.1) is 6.54 Å². The van der Waals surface area contributed by atoms with Gasteiger partial charge >= 0.3 is 0 Å². The minimum absolute atomic E-state index is 0.00825. The Bertz CT molecular complexity index is 501. The van der Waals surface area contributed by atoms with Gasteiger partial charge in [-0.3, -0.25) is 4.79 Å². The van der Waals surface area contributed by atoms with E-state index in [-0.39, 0.29) is 38.1 Å². The van der Waals surface area contributed by atoms with Gasteiger partial charge in [-0.05, 0) is 38.8 Å². The molecule has 1 saturated carbocycles. The van der Waals surface area contributed by atoms with Crippen LogP contribution in [0.15, 0.2) is 16.5 Å². The van der Waals surface area contributed by atoms with E-state index in [4.69, 9.17) is 4.42 Å². The highest BCUT2D eigenvalue weighted by Gasteiger charge is 2.38. The van der Waals surface area contributed by atoms with Crippen LogP contribution in [0.3, 0.4) is 0 Å². The minimum Gasteiger partial charge on any atom is -0.463 e. The summed E-state index contributed by atoms with van der Waals surface area (Å²) in [5.41, 5.74) is -1.32. The van der Waals surface area contributed by atoms with E-state index in [1.807, 2.05) is 0 Å². The summed E-state index contributed by atoms with van der Waals surface area (Å²) in [4.78, 5) is 12.0. The van der Waals surface area contributed by atoms with E-state index < -0.39 is 17.4 Å². The van der Waals surface area contributed by atoms with E-state index in [1.54, 1.807) is 26.0 Å². The van der Waals surface area contributed by atoms with E-state index in [0.717, 1.165) is 0 Å². The number of alkyl halides is 2. The molecule has 1 aromatic heterocycles. The number of hydrogen-bond donors (Lipinski definition) is 2. The number of carbonyl (C=O) groups excluding carboxylic acids is 1. The van der Waals surface area contributed by atoms with Crippen LogP contribution in [-0.2, 0) is 10.4 Å². The molecule has 2 N–H and O–H groups in total. The molecular weight excluding hydrogens is 280 g/mol. The SMILES string of the molecule is Cc1ccc(C(C)(O)CNC(=O)C2CCC(F)(F)CC2)o1. The summed E-state index contributed by atoms with van der Waals surface area (Å²) in [6.07, 6.45) is -0.139. The van der Waals surface area contributed by atoms with E-state index >= 15 is 0 Å². The predicted octanol–water partition coefficient (Wildman–Crippen LogP) is 2.74. The molecule has 1 heterocycles. The van der Waals surface area contributed by atoms with Gasteiger partial charge in [-0.1, -0.05) is 0 Å². The topological polar surface area (TPSA) is 62.5 Å². The lowest BCUT2D eigenvalue weighted by Crippen LogP contribution is -2.42. The Labute approximate surface area is 122 Å². The van der Waals surface area contributed by atoms with E-state index in [9.17, 15) is 18.7 Å². The summed E-state index contributed by atoms with van der Waals surface area (Å²) in [7, 11) is 0. The zero-order valence-electron chi connectivity index (χ0n) is 12.3. The second-order valence-corrected chi connectivity index (χ2v) is 6.03. The fraction of sp³-hybridized carbons (Fsp3) is 0.667. The molecule has 2 rings (SSSR count). The summed E-state index contributed by atoms with van der Waals surface area (Å²) in [5, 5.41) is 12.9. The van der Waals surface area contributed by atoms with E-state index in [2.05, 4.69) is 5.32 Å². The molecule has 1 aliphatic carbocycles. The molecule has 0 aromatic carbocycles. The Hall–Kier alpha value is -1.43. The largest absolute Gasteiger partial charge is 0.463 e. The quantitative estimate of drug-likeness (QED) is 0.899. The standard InChI is InChI=1S/C15H21F2NO3/c1-10-3-4-12(21-10)14(2,20)9-18-13(19)11-5-7-15(16,17)8-6-11/h3-4,11,20H,5-9H2,1-2H3,(H,18,19). The number of halogens is 2. The maximum Gasteiger partial charge on any atom is 0.248 e. The van der Waals surface area contributed by atoms with Crippen LogP contribution in [0.2, 0.25) is 0 Å². The van der Waals surface area contributed by atoms with Crippen molar-refractivity contribution >= 4 is 5.91 Å². The number of hydrogen-bond acceptors (Lipinski definition) is 3. The Morgan fingerprint density at radius 1 is 1.48 bits per heavy atom. The molecular formula is C15H21F2NO3. The highest BCUT2D eigenvalue weighted by molar-refractivity contribution is 5.78. The van der Waals surface area contributed by atoms with Crippen LogP contribution in [-0.4, -0.2) is 23.5 Å². The molecule has 1 amide bonds. The first kappa shape index (κ1) is 15.9. The third-order valence-electron chi connectivity index (χ3n) is 3.97. The second-order valence-electron chi connectivity index (χ2n) is 6.03. The zero-order valence-corrected chi connectivity index (χ0v) is 12.3. The number of rotatable bonds is 4. The molecule has 0 spiro atoms. The second kappa shape index (κ2) is 5.75. The highest BCUT2D eigenvalue weighted by atomic mass is 19.3. The predicted molar refractivity (Wildman–Crippen MR) is 72.9 cm³/mol. The van der Waals surface area contributed by atoms with Crippen LogP contribution >= 0.6 is 0 Å². The summed E-state index contributed by atoms with van der Waals surface area (Å²) >= 11 is 0. The number of furan rings is 1. The molecule has 1 atom stereocenters. The Morgan fingerprint density at radius 3 is 2.62 bits per heavy atom. The van der Waals surface area contributed by atoms with Crippen LogP contribution in [0.4, 0.5) is 8.78 Å². The molecule has 1 aliphatic rings. The van der Waals surface area contributed by atoms with Gasteiger partial charge in [0.15, 0.2) is 0 Å². The average molecular weight is 301 g/mol. The van der Waals surface area contributed by atoms with Gasteiger partial charge in [0, 0.05) is 18.8 Å². The number of carbonyl (C=O) groups is 1. The molecule has 1 aromatic rings. The third-order valence-corrected chi connectivity index (χ3v) is 3.97. The maximum atomic E-state index is 13.1. The molecule has 1 fully saturated rings. The first-order valence-electron chi connectivity index (χ1n) is 7.14. The van der Waals surface area contributed by atoms with Gasteiger partial charge in [0.25, 0.3) is 0 Å². The van der Waals surface area contributed by atoms with Crippen molar-refractivity contribution in [2.24, 2.45) is 5.92 Å². The summed E-state index contributed by atoms with van der Waals surface area (Å²) in [6, 6.07) is 3.39. The van der Waals surface area contributed by atoms with Crippen molar-refractivity contribution in [3.63, 3.8) is 0 Å². The van der Waals surface area contributed by atoms with Gasteiger partial charge in [-0.25, -0.2) is 8.78 Å². The van der Waals surface area contributed by atoms with Crippen molar-refractivity contribution in [2.75, 3.05) is 6.54 Å². The Morgan fingerprint density at radius 2 is 2.10 bits per heavy atom. The molecule has 21 heavy (non-hydrogen) atoms. The lowest BCUT2D eigenvalue weighted by Gasteiger charge is -2.28. The van der Waals surface area contributed by atoms with E-state index in [1.165, 1.54) is 0 Å². The summed E-state index contributed by atoms with van der Waals surface area (Å²) in [6.45, 7) is 3.30. The van der Waals surface area contributed by atoms with Crippen molar-refractivity contribution < 1.29 is 23.1 Å². The summed E-state index contributed by atoms with van der Waals surface area (Å²) in [5.74, 6) is -2.29. The summed E-state index contributed by atoms with van der Waals surface area (Å²) < 4.78 is 31.5. The normalized spacial score (nSPS) is 21.8. The molecule has 0 radical (unpaired) electrons. The monoisotopic (exact) mass is 301 g/mol. The van der Waals surface area contributed by atoms with Gasteiger partial charge in [0.2, 0.25) is 11.8 Å². The molecule has 6 heteroatoms. The van der Waals surface area contributed by atoms with Crippen molar-refractivity contribution in [1.82, 2.24) is 5.32 Å². The molecule has 0 bridgehead atoms. The number of aryl methyl sites for hydroxylation is 1. The first-order chi connectivity index (χ1) is 9.70. The molecule has 0 aliphatic heterocycles. The lowest BCUT2D eigenvalue weighted by atomic mass is 9.86. The first-order valence-corrected chi connectivity index (χ1v) is 7.14. The number of amides is 1. The highest BCUT2D eigenvalue weighted by Crippen LogP contribution is 2.36. The average Bonchev–Trinajstić information content (AvgIpc) is 2.83. The molecule has 0 saturated heterocycles. The van der Waals surface area contributed by atoms with Crippen molar-refractivity contribution in [1.29, 1.82) is 0 Å². The number of aliphatic hydroxyl groups is 1. The number of nitrogens with one attached hydrogen (secondary N) is 1. The van der Waals surface area contributed by atoms with Crippen LogP contribution in [0.1, 0.15) is 44.1 Å². The van der Waals surface area contributed by atoms with Gasteiger partial charge in [-0.2, -0.15) is 0 Å². The zero-order chi connectivity index (χ0) is 15.7. The third kappa shape index (κ3) is 4.03. The van der Waals surface area contributed by atoms with E-state index in [0.29, 0.717) is 11.5 Å². The minimum atomic E-state index is -2.64. The lowest BCUT2D eigenvalue weighted by molar-refractivity contribution is -0.130. The fourth-order valence-electron chi connectivity index (χ4n) is 2.52. The van der Waals surface area contributed by atoms with Gasteiger partial charge < -0.3 is 14.8 Å². The fourth-order valence-corrected chi connectivity index (χ4v) is 2.52. The van der Waals surface area contributed by atoms with Crippen LogP contribution in [0, 0.1) is 12.8 Å². The van der Waals surface area contributed by atoms with Crippen LogP contribution in [0.5, 0.6) is 0 Å². The van der Waals surface area contributed by atoms with Crippen LogP contribution in [0.25, 0.3) is 0 Å². The van der Waals surface area contributed by atoms with Crippen LogP contribution < -0.4 is 5.32 Å². The van der Waals surface area contributed by atoms with Crippen molar-refractivity contribution in [3.05, 3.63) is 23.7 Å². The Kier molecular flexibility index (Phi) is 4.37. The Balaban J connectivity index is 1.86. The smallest absolute Gasteiger partial charge is 0.248 e. The maximum absolute atomic E-state index is 13.1. The molecule has 4 nitrogen and oxygen atoms in total. The molecule has 118 valence electrons. The van der Waals surface area contributed by atoms with Gasteiger partial charge in [-0.15, -0.1) is 0 Å². The van der Waals surface area contributed by atoms with Crippen molar-refractivity contribution in [3.8, 4) is 0 Å². The van der Waals surface area contributed by atoms with Gasteiger partial charge in [0.1, 0.15) is 17.1 Å².